The summed E-state index contributed by atoms with van der Waals surface area (Å²) in [5.41, 5.74) is 6.42. The Morgan fingerprint density at radius 3 is 3.06 bits per heavy atom. The number of hydrogen-bond donors (Lipinski definition) is 2. The van der Waals surface area contributed by atoms with Gasteiger partial charge >= 0.3 is 0 Å². The Hall–Kier alpha value is -1.14. The largest absolute Gasteiger partial charge is 0.349 e. The summed E-state index contributed by atoms with van der Waals surface area (Å²) < 4.78 is 2.66. The summed E-state index contributed by atoms with van der Waals surface area (Å²) in [7, 11) is 0. The van der Waals surface area contributed by atoms with Crippen LogP contribution in [0.4, 0.5) is 5.95 Å². The fourth-order valence-electron chi connectivity index (χ4n) is 1.45. The highest BCUT2D eigenvalue weighted by Gasteiger charge is 2.09. The van der Waals surface area contributed by atoms with E-state index in [1.807, 2.05) is 18.3 Å². The minimum Gasteiger partial charge on any atom is -0.349 e. The Labute approximate surface area is 102 Å². The zero-order chi connectivity index (χ0) is 11.5. The van der Waals surface area contributed by atoms with Crippen LogP contribution in [0.3, 0.4) is 0 Å². The number of anilines is 1. The molecule has 0 radical (unpaired) electrons. The van der Waals surface area contributed by atoms with E-state index in [0.29, 0.717) is 12.5 Å². The topological polar surface area (TPSA) is 68.2 Å². The van der Waals surface area contributed by atoms with Gasteiger partial charge in [0, 0.05) is 18.8 Å². The lowest BCUT2D eigenvalue weighted by Gasteiger charge is -2.11. The zero-order valence-corrected chi connectivity index (χ0v) is 10.6. The number of pyridine rings is 1. The van der Waals surface area contributed by atoms with Gasteiger partial charge in [0.15, 0.2) is 5.65 Å². The number of hydrogen-bond acceptors (Lipinski definition) is 4. The molecule has 2 heterocycles. The molecule has 3 N–H and O–H groups in total. The lowest BCUT2D eigenvalue weighted by molar-refractivity contribution is 0.695. The Morgan fingerprint density at radius 2 is 2.44 bits per heavy atom. The van der Waals surface area contributed by atoms with Crippen LogP contribution >= 0.6 is 15.9 Å². The first kappa shape index (κ1) is 11.3. The second-order valence-corrected chi connectivity index (χ2v) is 4.40. The van der Waals surface area contributed by atoms with Crippen molar-refractivity contribution in [1.29, 1.82) is 0 Å². The van der Waals surface area contributed by atoms with Gasteiger partial charge in [-0.25, -0.2) is 4.52 Å². The molecule has 6 heteroatoms. The Bertz CT molecular complexity index is 477. The third kappa shape index (κ3) is 2.17. The van der Waals surface area contributed by atoms with Crippen molar-refractivity contribution in [2.24, 2.45) is 5.73 Å². The van der Waals surface area contributed by atoms with Crippen LogP contribution < -0.4 is 11.1 Å². The third-order valence-electron chi connectivity index (χ3n) is 2.43. The number of aromatic nitrogens is 3. The zero-order valence-electron chi connectivity index (χ0n) is 9.02. The predicted molar refractivity (Wildman–Crippen MR) is 67.4 cm³/mol. The number of nitrogens with two attached hydrogens (primary N) is 1. The minimum atomic E-state index is 0.219. The van der Waals surface area contributed by atoms with Crippen LogP contribution in [-0.2, 0) is 0 Å². The first-order valence-corrected chi connectivity index (χ1v) is 6.01. The van der Waals surface area contributed by atoms with Crippen LogP contribution in [0.15, 0.2) is 22.8 Å². The van der Waals surface area contributed by atoms with E-state index in [2.05, 4.69) is 38.3 Å². The van der Waals surface area contributed by atoms with E-state index >= 15 is 0 Å². The second-order valence-electron chi connectivity index (χ2n) is 3.54. The lowest BCUT2D eigenvalue weighted by atomic mass is 10.2. The molecule has 1 atom stereocenters. The molecule has 2 aromatic rings. The molecule has 0 aromatic carbocycles. The summed E-state index contributed by atoms with van der Waals surface area (Å²) in [6, 6.07) is 4.07. The Morgan fingerprint density at radius 1 is 1.62 bits per heavy atom. The minimum absolute atomic E-state index is 0.219. The van der Waals surface area contributed by atoms with E-state index in [0.717, 1.165) is 16.5 Å². The summed E-state index contributed by atoms with van der Waals surface area (Å²) >= 11 is 3.43. The van der Waals surface area contributed by atoms with E-state index in [4.69, 9.17) is 5.73 Å². The summed E-state index contributed by atoms with van der Waals surface area (Å²) in [5, 5.41) is 7.52. The van der Waals surface area contributed by atoms with Crippen molar-refractivity contribution in [2.45, 2.75) is 19.4 Å². The molecule has 0 spiro atoms. The molecular formula is C10H14BrN5. The monoisotopic (exact) mass is 283 g/mol. The Kier molecular flexibility index (Phi) is 3.40. The van der Waals surface area contributed by atoms with Gasteiger partial charge in [-0.2, -0.15) is 4.98 Å². The van der Waals surface area contributed by atoms with Crippen LogP contribution in [0, 0.1) is 0 Å². The molecule has 0 aliphatic carbocycles. The van der Waals surface area contributed by atoms with Gasteiger partial charge in [-0.05, 0) is 34.5 Å². The van der Waals surface area contributed by atoms with Gasteiger partial charge in [0.05, 0.1) is 4.47 Å². The van der Waals surface area contributed by atoms with Crippen molar-refractivity contribution in [3.8, 4) is 0 Å². The second kappa shape index (κ2) is 4.80. The van der Waals surface area contributed by atoms with Crippen molar-refractivity contribution in [3.63, 3.8) is 0 Å². The maximum Gasteiger partial charge on any atom is 0.243 e. The van der Waals surface area contributed by atoms with Crippen molar-refractivity contribution in [3.05, 3.63) is 22.8 Å². The smallest absolute Gasteiger partial charge is 0.243 e. The average Bonchev–Trinajstić information content (AvgIpc) is 2.70. The highest BCUT2D eigenvalue weighted by atomic mass is 79.9. The normalized spacial score (nSPS) is 12.9. The highest BCUT2D eigenvalue weighted by molar-refractivity contribution is 9.10. The molecule has 2 rings (SSSR count). The van der Waals surface area contributed by atoms with Crippen LogP contribution in [0.5, 0.6) is 0 Å². The Balaban J connectivity index is 2.29. The molecule has 0 aliphatic heterocycles. The van der Waals surface area contributed by atoms with Gasteiger partial charge in [-0.3, -0.25) is 0 Å². The SMILES string of the molecule is CCC(CN)Nc1nc2c(Br)cccn2n1. The van der Waals surface area contributed by atoms with E-state index in [1.54, 1.807) is 4.52 Å². The molecule has 0 aliphatic rings. The van der Waals surface area contributed by atoms with Gasteiger partial charge in [0.25, 0.3) is 0 Å². The van der Waals surface area contributed by atoms with Gasteiger partial charge in [0.1, 0.15) is 0 Å². The summed E-state index contributed by atoms with van der Waals surface area (Å²) in [6.45, 7) is 2.66. The number of nitrogens with zero attached hydrogens (tertiary/aromatic N) is 3. The fourth-order valence-corrected chi connectivity index (χ4v) is 1.87. The van der Waals surface area contributed by atoms with Crippen molar-refractivity contribution in [2.75, 3.05) is 11.9 Å². The molecule has 5 nitrogen and oxygen atoms in total. The molecule has 0 saturated carbocycles. The van der Waals surface area contributed by atoms with Gasteiger partial charge in [0.2, 0.25) is 5.95 Å². The number of fused-ring (bicyclic) bond motifs is 1. The standard InChI is InChI=1S/C10H14BrN5/c1-2-7(6-12)13-10-14-9-8(11)4-3-5-16(9)15-10/h3-5,7H,2,6,12H2,1H3,(H,13,15). The summed E-state index contributed by atoms with van der Waals surface area (Å²) in [5.74, 6) is 0.615. The van der Waals surface area contributed by atoms with Gasteiger partial charge in [-0.1, -0.05) is 6.92 Å². The molecule has 2 aromatic heterocycles. The molecule has 0 saturated heterocycles. The van der Waals surface area contributed by atoms with Crippen LogP contribution in [0.1, 0.15) is 13.3 Å². The first-order valence-electron chi connectivity index (χ1n) is 5.22. The van der Waals surface area contributed by atoms with Crippen molar-refractivity contribution < 1.29 is 0 Å². The molecular weight excluding hydrogens is 270 g/mol. The molecule has 0 fully saturated rings. The maximum atomic E-state index is 5.62. The quantitative estimate of drug-likeness (QED) is 0.895. The van der Waals surface area contributed by atoms with E-state index in [-0.39, 0.29) is 6.04 Å². The third-order valence-corrected chi connectivity index (χ3v) is 3.04. The van der Waals surface area contributed by atoms with E-state index in [1.165, 1.54) is 0 Å². The number of rotatable bonds is 4. The van der Waals surface area contributed by atoms with E-state index < -0.39 is 0 Å². The van der Waals surface area contributed by atoms with Crippen LogP contribution in [0.25, 0.3) is 5.65 Å². The lowest BCUT2D eigenvalue weighted by Crippen LogP contribution is -2.28. The number of halogens is 1. The molecule has 0 amide bonds. The average molecular weight is 284 g/mol. The summed E-state index contributed by atoms with van der Waals surface area (Å²) in [4.78, 5) is 4.39. The van der Waals surface area contributed by atoms with Crippen molar-refractivity contribution >= 4 is 27.5 Å². The molecule has 1 unspecified atom stereocenters. The van der Waals surface area contributed by atoms with E-state index in [9.17, 15) is 0 Å². The molecule has 16 heavy (non-hydrogen) atoms. The van der Waals surface area contributed by atoms with Crippen molar-refractivity contribution in [1.82, 2.24) is 14.6 Å². The highest BCUT2D eigenvalue weighted by Crippen LogP contribution is 2.17. The van der Waals surface area contributed by atoms with Crippen LogP contribution in [-0.4, -0.2) is 27.2 Å². The fraction of sp³-hybridized carbons (Fsp3) is 0.400. The van der Waals surface area contributed by atoms with Gasteiger partial charge in [-0.15, -0.1) is 5.10 Å². The number of nitrogens with one attached hydrogen (secondary N) is 1. The summed E-state index contributed by atoms with van der Waals surface area (Å²) in [6.07, 6.45) is 2.81. The van der Waals surface area contributed by atoms with Crippen LogP contribution in [0.2, 0.25) is 0 Å². The molecule has 86 valence electrons. The maximum absolute atomic E-state index is 5.62. The molecule has 0 bridgehead atoms. The predicted octanol–water partition coefficient (Wildman–Crippen LogP) is 1.64. The van der Waals surface area contributed by atoms with Gasteiger partial charge < -0.3 is 11.1 Å². The first-order chi connectivity index (χ1) is 7.74.